The maximum absolute atomic E-state index is 13.0. The minimum absolute atomic E-state index is 0.0941. The Kier molecular flexibility index (Phi) is 5.85. The lowest BCUT2D eigenvalue weighted by Crippen LogP contribution is -2.46. The first-order valence-electron chi connectivity index (χ1n) is 13.8. The maximum Gasteiger partial charge on any atom is 0.291 e. The van der Waals surface area contributed by atoms with Crippen LogP contribution in [0.4, 0.5) is 5.69 Å². The number of hydrogen-bond donors (Lipinski definition) is 2. The van der Waals surface area contributed by atoms with Crippen molar-refractivity contribution in [1.82, 2.24) is 15.0 Å². The van der Waals surface area contributed by atoms with E-state index in [9.17, 15) is 4.79 Å². The predicted octanol–water partition coefficient (Wildman–Crippen LogP) is 5.47. The Morgan fingerprint density at radius 1 is 1.10 bits per heavy atom. The molecular weight excluding hydrogens is 494 g/mol. The van der Waals surface area contributed by atoms with E-state index in [1.165, 1.54) is 6.20 Å². The zero-order valence-corrected chi connectivity index (χ0v) is 23.6. The summed E-state index contributed by atoms with van der Waals surface area (Å²) in [6, 6.07) is 5.93. The van der Waals surface area contributed by atoms with E-state index in [2.05, 4.69) is 49.1 Å². The number of anilines is 1. The molecular formula is C30H37N5O4. The molecule has 0 aromatic carbocycles. The van der Waals surface area contributed by atoms with Crippen molar-refractivity contribution < 1.29 is 19.0 Å². The monoisotopic (exact) mass is 531 g/mol. The molecule has 2 N–H and O–H groups in total. The summed E-state index contributed by atoms with van der Waals surface area (Å²) < 4.78 is 19.3. The van der Waals surface area contributed by atoms with Crippen LogP contribution in [0, 0.1) is 16.7 Å². The molecule has 0 saturated carbocycles. The molecule has 3 aliphatic heterocycles. The van der Waals surface area contributed by atoms with Crippen molar-refractivity contribution in [3.05, 3.63) is 47.3 Å². The highest BCUT2D eigenvalue weighted by atomic mass is 16.8. The number of aromatic amines is 1. The molecule has 2 aromatic heterocycles. The number of nitrogens with one attached hydrogen (secondary N) is 2. The van der Waals surface area contributed by atoms with Gasteiger partial charge in [0.2, 0.25) is 0 Å². The number of pyridine rings is 1. The highest BCUT2D eigenvalue weighted by Gasteiger charge is 2.68. The molecule has 9 nitrogen and oxygen atoms in total. The molecule has 0 radical (unpaired) electrons. The lowest BCUT2D eigenvalue weighted by molar-refractivity contribution is -0.242. The molecule has 0 spiro atoms. The number of H-pyrrole nitrogens is 1. The number of ether oxygens (including phenoxy) is 3. The van der Waals surface area contributed by atoms with Gasteiger partial charge in [-0.2, -0.15) is 5.26 Å². The average Bonchev–Trinajstić information content (AvgIpc) is 3.52. The molecule has 9 heteroatoms. The van der Waals surface area contributed by atoms with Crippen LogP contribution in [-0.2, 0) is 14.2 Å². The Hall–Kier alpha value is -3.06. The second-order valence-electron chi connectivity index (χ2n) is 13.3. The van der Waals surface area contributed by atoms with E-state index in [0.717, 1.165) is 49.1 Å². The largest absolute Gasteiger partial charge is 0.363 e. The third-order valence-electron chi connectivity index (χ3n) is 8.84. The minimum Gasteiger partial charge on any atom is -0.363 e. The van der Waals surface area contributed by atoms with E-state index in [1.54, 1.807) is 0 Å². The number of allylic oxidation sites excluding steroid dienone is 2. The van der Waals surface area contributed by atoms with Gasteiger partial charge in [-0.1, -0.05) is 19.9 Å². The van der Waals surface area contributed by atoms with Crippen LogP contribution in [0.2, 0.25) is 0 Å². The number of amides is 1. The zero-order chi connectivity index (χ0) is 27.8. The summed E-state index contributed by atoms with van der Waals surface area (Å²) in [5.74, 6) is -0.778. The first kappa shape index (κ1) is 26.2. The Labute approximate surface area is 229 Å². The number of carbonyl (C=O) groups is 1. The van der Waals surface area contributed by atoms with E-state index in [0.29, 0.717) is 5.69 Å². The lowest BCUT2D eigenvalue weighted by Gasteiger charge is -2.43. The molecule has 39 heavy (non-hydrogen) atoms. The fourth-order valence-corrected chi connectivity index (χ4v) is 6.89. The molecule has 1 aliphatic carbocycles. The first-order chi connectivity index (χ1) is 18.3. The molecule has 4 aliphatic rings. The van der Waals surface area contributed by atoms with Crippen LogP contribution < -0.4 is 5.32 Å². The van der Waals surface area contributed by atoms with E-state index in [4.69, 9.17) is 24.5 Å². The summed E-state index contributed by atoms with van der Waals surface area (Å²) >= 11 is 0. The van der Waals surface area contributed by atoms with Crippen LogP contribution in [0.3, 0.4) is 0 Å². The van der Waals surface area contributed by atoms with Gasteiger partial charge in [-0.3, -0.25) is 9.78 Å². The van der Waals surface area contributed by atoms with Gasteiger partial charge in [0.25, 0.3) is 5.91 Å². The number of rotatable bonds is 4. The molecule has 6 rings (SSSR count). The maximum atomic E-state index is 13.0. The molecule has 2 aromatic rings. The third-order valence-corrected chi connectivity index (χ3v) is 8.84. The van der Waals surface area contributed by atoms with Gasteiger partial charge in [-0.25, -0.2) is 4.98 Å². The number of nitrogens with zero attached hydrogens (tertiary/aromatic N) is 3. The number of carbonyl (C=O) groups excluding carboxylic acids is 1. The Morgan fingerprint density at radius 3 is 2.38 bits per heavy atom. The fourth-order valence-electron chi connectivity index (χ4n) is 6.89. The molecule has 2 bridgehead atoms. The highest BCUT2D eigenvalue weighted by molar-refractivity contribution is 6.03. The summed E-state index contributed by atoms with van der Waals surface area (Å²) in [6.07, 6.45) is 7.79. The molecule has 2 unspecified atom stereocenters. The highest BCUT2D eigenvalue weighted by Crippen LogP contribution is 2.58. The molecule has 5 atom stereocenters. The van der Waals surface area contributed by atoms with Crippen LogP contribution in [0.15, 0.2) is 24.4 Å². The summed E-state index contributed by atoms with van der Waals surface area (Å²) in [6.45, 7) is 12.8. The normalized spacial score (nSPS) is 34.2. The number of imidazole rings is 1. The Bertz CT molecular complexity index is 1380. The number of hydrogen-bond acceptors (Lipinski definition) is 7. The van der Waals surface area contributed by atoms with E-state index < -0.39 is 22.9 Å². The average molecular weight is 532 g/mol. The van der Waals surface area contributed by atoms with Crippen molar-refractivity contribution in [2.24, 2.45) is 5.41 Å². The molecule has 3 saturated heterocycles. The van der Waals surface area contributed by atoms with Gasteiger partial charge in [-0.05, 0) is 82.9 Å². The van der Waals surface area contributed by atoms with Gasteiger partial charge < -0.3 is 24.5 Å². The van der Waals surface area contributed by atoms with Crippen molar-refractivity contribution in [3.8, 4) is 6.07 Å². The van der Waals surface area contributed by atoms with Gasteiger partial charge in [-0.15, -0.1) is 0 Å². The van der Waals surface area contributed by atoms with Crippen molar-refractivity contribution in [2.45, 2.75) is 109 Å². The number of fused-ring (bicyclic) bond motifs is 5. The molecule has 1 amide bonds. The summed E-state index contributed by atoms with van der Waals surface area (Å²) in [5, 5.41) is 12.1. The summed E-state index contributed by atoms with van der Waals surface area (Å²) in [4.78, 5) is 25.0. The molecule has 3 fully saturated rings. The topological polar surface area (TPSA) is 122 Å². The van der Waals surface area contributed by atoms with E-state index >= 15 is 0 Å². The van der Waals surface area contributed by atoms with E-state index in [-0.39, 0.29) is 35.1 Å². The standard InChI is InChI=1S/C30H37N5O4/c1-27(2)11-9-17(10-12-27)22-21(35-26(36)25-32-16-19(15-31)33-25)8-7-20(34-22)18-13-29(5)23-24(30(6,14-18)39-29)38-28(3,4)37-23/h7-9,16,18,23-24H,10-14H2,1-6H3,(H,32,33)(H,35,36)/t18?,23-,24+,29+,30?/m1/s1. The van der Waals surface area contributed by atoms with Crippen molar-refractivity contribution in [3.63, 3.8) is 0 Å². The van der Waals surface area contributed by atoms with Gasteiger partial charge in [0.1, 0.15) is 24.0 Å². The second-order valence-corrected chi connectivity index (χ2v) is 13.3. The SMILES string of the molecule is CC1(C)CC=C(c2nc(C3CC4(C)O[C@@](C)(C3)[C@@H]3OC(C)(C)O[C@@H]34)ccc2NC(=O)c2ncc(C#N)[nH]2)CC1. The Morgan fingerprint density at radius 2 is 1.79 bits per heavy atom. The van der Waals surface area contributed by atoms with Crippen LogP contribution >= 0.6 is 0 Å². The fraction of sp³-hybridized carbons (Fsp3) is 0.600. The molecule has 206 valence electrons. The lowest BCUT2D eigenvalue weighted by atomic mass is 9.77. The van der Waals surface area contributed by atoms with Crippen LogP contribution in [0.1, 0.15) is 107 Å². The van der Waals surface area contributed by atoms with E-state index in [1.807, 2.05) is 32.0 Å². The summed E-state index contributed by atoms with van der Waals surface area (Å²) in [5.41, 5.74) is 3.09. The number of aromatic nitrogens is 3. The van der Waals surface area contributed by atoms with Gasteiger partial charge in [0, 0.05) is 11.6 Å². The van der Waals surface area contributed by atoms with Gasteiger partial charge >= 0.3 is 0 Å². The van der Waals surface area contributed by atoms with Crippen molar-refractivity contribution >= 4 is 17.2 Å². The van der Waals surface area contributed by atoms with Crippen LogP contribution in [0.25, 0.3) is 5.57 Å². The number of nitriles is 1. The second kappa shape index (κ2) is 8.72. The van der Waals surface area contributed by atoms with Crippen LogP contribution in [0.5, 0.6) is 0 Å². The van der Waals surface area contributed by atoms with Gasteiger partial charge in [0.15, 0.2) is 11.6 Å². The minimum atomic E-state index is -0.622. The van der Waals surface area contributed by atoms with Crippen molar-refractivity contribution in [2.75, 3.05) is 5.32 Å². The third kappa shape index (κ3) is 4.58. The molecule has 5 heterocycles. The van der Waals surface area contributed by atoms with Crippen molar-refractivity contribution in [1.29, 1.82) is 5.26 Å². The van der Waals surface area contributed by atoms with Gasteiger partial charge in [0.05, 0.1) is 28.8 Å². The smallest absolute Gasteiger partial charge is 0.291 e. The first-order valence-corrected chi connectivity index (χ1v) is 13.8. The predicted molar refractivity (Wildman–Crippen MR) is 145 cm³/mol. The summed E-state index contributed by atoms with van der Waals surface area (Å²) in [7, 11) is 0. The zero-order valence-electron chi connectivity index (χ0n) is 23.6. The quantitative estimate of drug-likeness (QED) is 0.537. The Balaban J connectivity index is 1.33. The van der Waals surface area contributed by atoms with Crippen LogP contribution in [-0.4, -0.2) is 50.1 Å².